The summed E-state index contributed by atoms with van der Waals surface area (Å²) >= 11 is 0. The zero-order valence-electron chi connectivity index (χ0n) is 10.3. The SMILES string of the molecule is C[C@H](CO)NS(=O)(=O)c1ccc(C#N)c(C(F)(F)F)c1. The first-order valence-corrected chi connectivity index (χ1v) is 6.84. The van der Waals surface area contributed by atoms with Crippen molar-refractivity contribution in [3.63, 3.8) is 0 Å². The summed E-state index contributed by atoms with van der Waals surface area (Å²) in [6, 6.07) is 2.60. The van der Waals surface area contributed by atoms with Crippen LogP contribution in [0.5, 0.6) is 0 Å². The molecule has 1 aromatic rings. The van der Waals surface area contributed by atoms with Gasteiger partial charge in [-0.05, 0) is 25.1 Å². The van der Waals surface area contributed by atoms with E-state index in [1.165, 1.54) is 13.0 Å². The normalized spacial score (nSPS) is 13.8. The molecule has 0 saturated carbocycles. The molecule has 1 atom stereocenters. The number of nitriles is 1. The minimum absolute atomic E-state index is 0.394. The second-order valence-electron chi connectivity index (χ2n) is 4.02. The van der Waals surface area contributed by atoms with Crippen LogP contribution in [0, 0.1) is 11.3 Å². The van der Waals surface area contributed by atoms with E-state index in [0.717, 1.165) is 12.1 Å². The molecule has 20 heavy (non-hydrogen) atoms. The number of aliphatic hydroxyl groups is 1. The summed E-state index contributed by atoms with van der Waals surface area (Å²) < 4.78 is 63.8. The van der Waals surface area contributed by atoms with Crippen LogP contribution in [0.3, 0.4) is 0 Å². The van der Waals surface area contributed by atoms with Crippen molar-refractivity contribution in [1.82, 2.24) is 4.72 Å². The summed E-state index contributed by atoms with van der Waals surface area (Å²) in [6.07, 6.45) is -4.83. The molecule has 0 unspecified atom stereocenters. The summed E-state index contributed by atoms with van der Waals surface area (Å²) in [4.78, 5) is -0.621. The van der Waals surface area contributed by atoms with Gasteiger partial charge >= 0.3 is 6.18 Å². The average molecular weight is 308 g/mol. The molecule has 0 bridgehead atoms. The van der Waals surface area contributed by atoms with Gasteiger partial charge in [-0.2, -0.15) is 18.4 Å². The molecule has 0 heterocycles. The second-order valence-corrected chi connectivity index (χ2v) is 5.74. The maximum absolute atomic E-state index is 12.7. The fourth-order valence-electron chi connectivity index (χ4n) is 1.39. The zero-order chi connectivity index (χ0) is 15.6. The van der Waals surface area contributed by atoms with Crippen LogP contribution in [0.15, 0.2) is 23.1 Å². The van der Waals surface area contributed by atoms with Gasteiger partial charge in [0.2, 0.25) is 10.0 Å². The number of halogens is 3. The summed E-state index contributed by atoms with van der Waals surface area (Å²) in [5.74, 6) is 0. The van der Waals surface area contributed by atoms with Crippen LogP contribution < -0.4 is 4.72 Å². The predicted molar refractivity (Wildman–Crippen MR) is 63.0 cm³/mol. The molecule has 2 N–H and O–H groups in total. The Morgan fingerprint density at radius 2 is 2.05 bits per heavy atom. The molecule has 0 radical (unpaired) electrons. The summed E-state index contributed by atoms with van der Waals surface area (Å²) in [5.41, 5.74) is -1.98. The number of hydrogen-bond donors (Lipinski definition) is 2. The molecule has 0 spiro atoms. The van der Waals surface area contributed by atoms with E-state index >= 15 is 0 Å². The van der Waals surface area contributed by atoms with Crippen molar-refractivity contribution in [1.29, 1.82) is 5.26 Å². The topological polar surface area (TPSA) is 90.2 Å². The molecule has 0 saturated heterocycles. The quantitative estimate of drug-likeness (QED) is 0.875. The summed E-state index contributed by atoms with van der Waals surface area (Å²) in [6.45, 7) is 0.855. The zero-order valence-corrected chi connectivity index (χ0v) is 11.1. The van der Waals surface area contributed by atoms with Crippen molar-refractivity contribution >= 4 is 10.0 Å². The van der Waals surface area contributed by atoms with Crippen molar-refractivity contribution < 1.29 is 26.7 Å². The third-order valence-corrected chi connectivity index (χ3v) is 3.94. The van der Waals surface area contributed by atoms with E-state index in [4.69, 9.17) is 10.4 Å². The number of sulfonamides is 1. The van der Waals surface area contributed by atoms with E-state index in [0.29, 0.717) is 6.07 Å². The van der Waals surface area contributed by atoms with Crippen LogP contribution in [0.2, 0.25) is 0 Å². The van der Waals surface area contributed by atoms with Crippen molar-refractivity contribution in [2.45, 2.75) is 24.0 Å². The van der Waals surface area contributed by atoms with Gasteiger partial charge in [0.25, 0.3) is 0 Å². The van der Waals surface area contributed by atoms with Gasteiger partial charge in [0, 0.05) is 6.04 Å². The van der Waals surface area contributed by atoms with Crippen LogP contribution in [-0.4, -0.2) is 26.2 Å². The van der Waals surface area contributed by atoms with E-state index in [1.54, 1.807) is 0 Å². The molecule has 1 aromatic carbocycles. The van der Waals surface area contributed by atoms with E-state index in [-0.39, 0.29) is 0 Å². The molecule has 0 aromatic heterocycles. The molecular formula is C11H11F3N2O3S. The Labute approximate surface area is 113 Å². The number of nitrogens with zero attached hydrogens (tertiary/aromatic N) is 1. The van der Waals surface area contributed by atoms with Crippen LogP contribution in [0.4, 0.5) is 13.2 Å². The fourth-order valence-corrected chi connectivity index (χ4v) is 2.65. The molecule has 5 nitrogen and oxygen atoms in total. The van der Waals surface area contributed by atoms with Crippen LogP contribution in [0.25, 0.3) is 0 Å². The van der Waals surface area contributed by atoms with Crippen molar-refractivity contribution in [2.24, 2.45) is 0 Å². The standard InChI is InChI=1S/C11H11F3N2O3S/c1-7(6-17)16-20(18,19)9-3-2-8(5-15)10(4-9)11(12,13)14/h2-4,7,16-17H,6H2,1H3/t7-/m1/s1. The van der Waals surface area contributed by atoms with Crippen LogP contribution in [-0.2, 0) is 16.2 Å². The Hall–Kier alpha value is -1.63. The largest absolute Gasteiger partial charge is 0.417 e. The predicted octanol–water partition coefficient (Wildman–Crippen LogP) is 1.24. The van der Waals surface area contributed by atoms with E-state index in [9.17, 15) is 21.6 Å². The molecule has 0 fully saturated rings. The molecule has 0 amide bonds. The minimum atomic E-state index is -4.83. The first kappa shape index (κ1) is 16.4. The fraction of sp³-hybridized carbons (Fsp3) is 0.364. The lowest BCUT2D eigenvalue weighted by Crippen LogP contribution is -2.35. The van der Waals surface area contributed by atoms with Crippen molar-refractivity contribution in [3.8, 4) is 6.07 Å². The highest BCUT2D eigenvalue weighted by Gasteiger charge is 2.35. The Bertz CT molecular complexity index is 635. The first-order valence-electron chi connectivity index (χ1n) is 5.36. The third kappa shape index (κ3) is 3.69. The van der Waals surface area contributed by atoms with Gasteiger partial charge in [-0.25, -0.2) is 13.1 Å². The molecule has 9 heteroatoms. The number of rotatable bonds is 4. The molecule has 1 rings (SSSR count). The Balaban J connectivity index is 3.33. The first-order chi connectivity index (χ1) is 9.11. The third-order valence-electron chi connectivity index (χ3n) is 2.36. The Morgan fingerprint density at radius 1 is 1.45 bits per heavy atom. The van der Waals surface area contributed by atoms with Gasteiger partial charge in [-0.15, -0.1) is 0 Å². The van der Waals surface area contributed by atoms with Gasteiger partial charge in [0.05, 0.1) is 28.7 Å². The number of nitrogens with one attached hydrogen (secondary N) is 1. The van der Waals surface area contributed by atoms with E-state index in [1.807, 2.05) is 4.72 Å². The van der Waals surface area contributed by atoms with Crippen molar-refractivity contribution in [3.05, 3.63) is 29.3 Å². The smallest absolute Gasteiger partial charge is 0.395 e. The van der Waals surface area contributed by atoms with Crippen LogP contribution in [0.1, 0.15) is 18.1 Å². The van der Waals surface area contributed by atoms with Gasteiger partial charge in [0.15, 0.2) is 0 Å². The second kappa shape index (κ2) is 5.78. The van der Waals surface area contributed by atoms with Gasteiger partial charge in [-0.3, -0.25) is 0 Å². The molecule has 0 aliphatic carbocycles. The Kier molecular flexibility index (Phi) is 4.75. The molecule has 110 valence electrons. The van der Waals surface area contributed by atoms with E-state index < -0.39 is 44.9 Å². The number of hydrogen-bond acceptors (Lipinski definition) is 4. The highest BCUT2D eigenvalue weighted by Crippen LogP contribution is 2.33. The number of benzene rings is 1. The number of aliphatic hydroxyl groups excluding tert-OH is 1. The summed E-state index contributed by atoms with van der Waals surface area (Å²) in [5, 5.41) is 17.4. The minimum Gasteiger partial charge on any atom is -0.395 e. The van der Waals surface area contributed by atoms with Gasteiger partial charge < -0.3 is 5.11 Å². The maximum Gasteiger partial charge on any atom is 0.417 e. The lowest BCUT2D eigenvalue weighted by atomic mass is 10.1. The average Bonchev–Trinajstić information content (AvgIpc) is 2.36. The van der Waals surface area contributed by atoms with Gasteiger partial charge in [0.1, 0.15) is 0 Å². The summed E-state index contributed by atoms with van der Waals surface area (Å²) in [7, 11) is -4.20. The monoisotopic (exact) mass is 308 g/mol. The highest BCUT2D eigenvalue weighted by atomic mass is 32.2. The number of alkyl halides is 3. The highest BCUT2D eigenvalue weighted by molar-refractivity contribution is 7.89. The Morgan fingerprint density at radius 3 is 2.50 bits per heavy atom. The lowest BCUT2D eigenvalue weighted by Gasteiger charge is -2.14. The van der Waals surface area contributed by atoms with Crippen molar-refractivity contribution in [2.75, 3.05) is 6.61 Å². The molecule has 0 aliphatic rings. The van der Waals surface area contributed by atoms with Crippen LogP contribution >= 0.6 is 0 Å². The van der Waals surface area contributed by atoms with E-state index in [2.05, 4.69) is 0 Å². The van der Waals surface area contributed by atoms with Gasteiger partial charge in [-0.1, -0.05) is 0 Å². The molecule has 0 aliphatic heterocycles. The lowest BCUT2D eigenvalue weighted by molar-refractivity contribution is -0.137. The molecular weight excluding hydrogens is 297 g/mol. The maximum atomic E-state index is 12.7.